The Labute approximate surface area is 310 Å². The van der Waals surface area contributed by atoms with E-state index in [0.717, 1.165) is 22.0 Å². The first-order chi connectivity index (χ1) is 21.3. The molecule has 0 fully saturated rings. The molecule has 6 rings (SSSR count). The van der Waals surface area contributed by atoms with E-state index in [0.29, 0.717) is 39.5 Å². The van der Waals surface area contributed by atoms with E-state index in [9.17, 15) is 13.0 Å². The van der Waals surface area contributed by atoms with E-state index in [-0.39, 0.29) is 78.1 Å². The number of nitrogens with zero attached hydrogens (tertiary/aromatic N) is 3. The quantitative estimate of drug-likeness (QED) is 0.111. The van der Waals surface area contributed by atoms with Crippen molar-refractivity contribution < 1.29 is 91.0 Å². The molecule has 0 saturated carbocycles. The third-order valence-electron chi connectivity index (χ3n) is 6.86. The number of benzene rings is 3. The van der Waals surface area contributed by atoms with Crippen LogP contribution in [0, 0.1) is 6.07 Å². The van der Waals surface area contributed by atoms with Crippen LogP contribution in [-0.2, 0) is 23.3 Å². The number of para-hydroxylation sites is 1. The summed E-state index contributed by atoms with van der Waals surface area (Å²) in [6.45, 7) is 0.498. The summed E-state index contributed by atoms with van der Waals surface area (Å²) in [5.41, 5.74) is 3.86. The molecular weight excluding hydrogens is 628 g/mol. The van der Waals surface area contributed by atoms with Gasteiger partial charge in [0, 0.05) is 29.6 Å². The van der Waals surface area contributed by atoms with Crippen LogP contribution < -0.4 is 78.1 Å². The molecule has 0 radical (unpaired) electrons. The third-order valence-corrected chi connectivity index (χ3v) is 7.72. The molecular formula is C33H25N3Na2O7S. The van der Waals surface area contributed by atoms with Crippen molar-refractivity contribution in [3.8, 4) is 34.5 Å². The van der Waals surface area contributed by atoms with E-state index in [1.165, 1.54) is 19.2 Å². The Balaban J connectivity index is 0.00000240. The molecule has 0 aliphatic carbocycles. The summed E-state index contributed by atoms with van der Waals surface area (Å²) in [6.07, 6.45) is 3.39. The van der Waals surface area contributed by atoms with Crippen molar-refractivity contribution in [1.82, 2.24) is 15.0 Å². The second-order valence-corrected chi connectivity index (χ2v) is 11.1. The van der Waals surface area contributed by atoms with Gasteiger partial charge in [-0.15, -0.1) is 22.9 Å². The second-order valence-electron chi connectivity index (χ2n) is 9.74. The van der Waals surface area contributed by atoms with Gasteiger partial charge in [-0.25, -0.2) is 13.4 Å². The van der Waals surface area contributed by atoms with Crippen LogP contribution in [0.25, 0.3) is 33.1 Å². The van der Waals surface area contributed by atoms with Crippen LogP contribution in [0.4, 0.5) is 0 Å². The van der Waals surface area contributed by atoms with Crippen LogP contribution in [0.5, 0.6) is 23.1 Å². The molecule has 3 aromatic carbocycles. The van der Waals surface area contributed by atoms with Crippen LogP contribution in [-0.4, -0.2) is 42.1 Å². The molecule has 0 bridgehead atoms. The van der Waals surface area contributed by atoms with Crippen LogP contribution >= 0.6 is 0 Å². The molecule has 0 amide bonds. The number of hydrogen-bond acceptors (Lipinski definition) is 10. The molecule has 222 valence electrons. The smallest absolute Gasteiger partial charge is 0.744 e. The van der Waals surface area contributed by atoms with Crippen molar-refractivity contribution in [2.75, 3.05) is 14.2 Å². The number of hydrogen-bond donors (Lipinski definition) is 0. The predicted octanol–water partition coefficient (Wildman–Crippen LogP) is -0.268. The fraction of sp³-hybridized carbons (Fsp3) is 0.121. The Kier molecular flexibility index (Phi) is 12.0. The summed E-state index contributed by atoms with van der Waals surface area (Å²) in [7, 11) is -1.77. The normalized spacial score (nSPS) is 10.9. The first-order valence-electron chi connectivity index (χ1n) is 13.4. The first kappa shape index (κ1) is 35.6. The fourth-order valence-electron chi connectivity index (χ4n) is 4.70. The Morgan fingerprint density at radius 1 is 0.761 bits per heavy atom. The number of methoxy groups -OCH3 is 2. The maximum atomic E-state index is 11.6. The van der Waals surface area contributed by atoms with E-state index in [2.05, 4.69) is 21.0 Å². The minimum Gasteiger partial charge on any atom is -0.744 e. The summed E-state index contributed by atoms with van der Waals surface area (Å²) in [5, 5.41) is 2.07. The van der Waals surface area contributed by atoms with Crippen molar-refractivity contribution in [3.05, 3.63) is 108 Å². The van der Waals surface area contributed by atoms with Crippen LogP contribution in [0.2, 0.25) is 0 Å². The first-order valence-corrected chi connectivity index (χ1v) is 14.8. The molecule has 0 N–H and O–H groups in total. The largest absolute Gasteiger partial charge is 1.00 e. The molecule has 3 heterocycles. The molecule has 0 aliphatic rings. The van der Waals surface area contributed by atoms with E-state index in [1.54, 1.807) is 37.7 Å². The average Bonchev–Trinajstić information content (AvgIpc) is 3.05. The van der Waals surface area contributed by atoms with Gasteiger partial charge in [0.15, 0.2) is 0 Å². The molecule has 0 saturated heterocycles. The van der Waals surface area contributed by atoms with Gasteiger partial charge in [0.25, 0.3) is 0 Å². The summed E-state index contributed by atoms with van der Waals surface area (Å²) in [5.74, 6) is 1.55. The number of pyridine rings is 3. The Morgan fingerprint density at radius 3 is 2.07 bits per heavy atom. The molecule has 13 heteroatoms. The zero-order valence-corrected chi connectivity index (χ0v) is 30.5. The number of rotatable bonds is 10. The van der Waals surface area contributed by atoms with Crippen LogP contribution in [0.15, 0.2) is 96.2 Å². The second kappa shape index (κ2) is 15.6. The van der Waals surface area contributed by atoms with Crippen LogP contribution in [0.3, 0.4) is 0 Å². The molecule has 46 heavy (non-hydrogen) atoms. The van der Waals surface area contributed by atoms with E-state index >= 15 is 0 Å². The van der Waals surface area contributed by atoms with E-state index < -0.39 is 15.0 Å². The van der Waals surface area contributed by atoms with Crippen molar-refractivity contribution in [2.24, 2.45) is 0 Å². The Bertz CT molecular complexity index is 2110. The maximum absolute atomic E-state index is 11.6. The number of fused-ring (bicyclic) bond motifs is 2. The minimum atomic E-state index is -4.69. The topological polar surface area (TPSA) is 133 Å². The summed E-state index contributed by atoms with van der Waals surface area (Å²) < 4.78 is 57.4. The average molecular weight is 654 g/mol. The summed E-state index contributed by atoms with van der Waals surface area (Å²) in [6, 6.07) is 26.0. The van der Waals surface area contributed by atoms with Crippen molar-refractivity contribution in [2.45, 2.75) is 18.1 Å². The molecule has 0 spiro atoms. The molecule has 0 atom stereocenters. The SMILES string of the molecule is COc1cc2cc(OCc3ccnc(-c4cc(COc5cc(OC)c6ccccc6n5)ccn4)c3)[c-]cc2cc1S(=O)(=O)[O-].[Na+].[Na+]. The van der Waals surface area contributed by atoms with Gasteiger partial charge in [-0.05, 0) is 53.6 Å². The zero-order valence-electron chi connectivity index (χ0n) is 25.7. The summed E-state index contributed by atoms with van der Waals surface area (Å²) in [4.78, 5) is 13.1. The standard InChI is InChI=1S/C33H26N3O7S.2Na/c1-40-30-18-33(36-27-6-4-3-5-26(27)30)43-20-22-10-12-35-29(14-22)28-13-21(9-11-34-28)19-42-25-8-7-23-17-32(44(37,38)39)31(41-2)16-24(23)15-25;;/h3-7,9-18H,19-20H2,1-2H3,(H,37,38,39);;/q-1;2*+1/p-1. The van der Waals surface area contributed by atoms with Gasteiger partial charge in [0.05, 0.1) is 36.0 Å². The Morgan fingerprint density at radius 2 is 1.41 bits per heavy atom. The van der Waals surface area contributed by atoms with Gasteiger partial charge >= 0.3 is 59.1 Å². The zero-order chi connectivity index (χ0) is 30.7. The van der Waals surface area contributed by atoms with Gasteiger partial charge in [0.1, 0.15) is 34.8 Å². The van der Waals surface area contributed by atoms with Crippen LogP contribution in [0.1, 0.15) is 11.1 Å². The molecule has 3 aromatic heterocycles. The van der Waals surface area contributed by atoms with Gasteiger partial charge in [-0.3, -0.25) is 9.97 Å². The van der Waals surface area contributed by atoms with E-state index in [1.807, 2.05) is 48.5 Å². The maximum Gasteiger partial charge on any atom is 1.00 e. The number of ether oxygens (including phenoxy) is 4. The van der Waals surface area contributed by atoms with Crippen molar-refractivity contribution in [1.29, 1.82) is 0 Å². The number of aromatic nitrogens is 3. The predicted molar refractivity (Wildman–Crippen MR) is 162 cm³/mol. The van der Waals surface area contributed by atoms with Gasteiger partial charge in [-0.2, -0.15) is 6.07 Å². The van der Waals surface area contributed by atoms with Crippen molar-refractivity contribution >= 4 is 31.8 Å². The van der Waals surface area contributed by atoms with Gasteiger partial charge in [0.2, 0.25) is 5.88 Å². The van der Waals surface area contributed by atoms with E-state index in [4.69, 9.17) is 18.9 Å². The summed E-state index contributed by atoms with van der Waals surface area (Å²) >= 11 is 0. The van der Waals surface area contributed by atoms with Crippen molar-refractivity contribution in [3.63, 3.8) is 0 Å². The monoisotopic (exact) mass is 653 g/mol. The fourth-order valence-corrected chi connectivity index (χ4v) is 5.36. The Hall–Kier alpha value is -3.26. The molecule has 0 aliphatic heterocycles. The molecule has 0 unspecified atom stereocenters. The van der Waals surface area contributed by atoms with Gasteiger partial charge < -0.3 is 23.5 Å². The molecule has 6 aromatic rings. The molecule has 10 nitrogen and oxygen atoms in total. The third kappa shape index (κ3) is 8.17. The minimum absolute atomic E-state index is 0. The van der Waals surface area contributed by atoms with Gasteiger partial charge in [-0.1, -0.05) is 18.2 Å².